The number of nitrogens with one attached hydrogen (secondary N) is 2. The van der Waals surface area contributed by atoms with E-state index in [4.69, 9.17) is 0 Å². The summed E-state index contributed by atoms with van der Waals surface area (Å²) >= 11 is 0. The molecule has 0 saturated carbocycles. The largest absolute Gasteiger partial charge is 0.369 e. The Morgan fingerprint density at radius 2 is 1.92 bits per heavy atom. The quantitative estimate of drug-likeness (QED) is 0.738. The molecule has 0 spiro atoms. The Balaban J connectivity index is 1.86. The monoisotopic (exact) mass is 346 g/mol. The van der Waals surface area contributed by atoms with Crippen LogP contribution < -0.4 is 15.5 Å². The Labute approximate surface area is 152 Å². The Morgan fingerprint density at radius 1 is 1.20 bits per heavy atom. The van der Waals surface area contributed by atoms with Gasteiger partial charge in [0.05, 0.1) is 0 Å². The molecule has 1 aliphatic heterocycles. The lowest BCUT2D eigenvalue weighted by molar-refractivity contribution is 0.248. The van der Waals surface area contributed by atoms with Crippen LogP contribution in [0.5, 0.6) is 0 Å². The fourth-order valence-corrected chi connectivity index (χ4v) is 3.20. The number of nitrogens with zero attached hydrogens (tertiary/aromatic N) is 2. The van der Waals surface area contributed by atoms with Crippen molar-refractivity contribution < 1.29 is 4.79 Å². The van der Waals surface area contributed by atoms with Crippen molar-refractivity contribution in [1.82, 2.24) is 10.2 Å². The van der Waals surface area contributed by atoms with Crippen LogP contribution in [0.3, 0.4) is 0 Å². The first-order valence-electron chi connectivity index (χ1n) is 9.61. The molecule has 0 aliphatic carbocycles. The van der Waals surface area contributed by atoms with Crippen molar-refractivity contribution in [2.75, 3.05) is 43.4 Å². The number of anilines is 2. The van der Waals surface area contributed by atoms with Crippen molar-refractivity contribution in [2.45, 2.75) is 52.5 Å². The lowest BCUT2D eigenvalue weighted by Gasteiger charge is -2.34. The zero-order valence-corrected chi connectivity index (χ0v) is 16.3. The Kier molecular flexibility index (Phi) is 7.56. The highest BCUT2D eigenvalue weighted by molar-refractivity contribution is 5.90. The summed E-state index contributed by atoms with van der Waals surface area (Å²) in [6, 6.07) is 6.39. The van der Waals surface area contributed by atoms with Crippen LogP contribution in [-0.2, 0) is 0 Å². The predicted molar refractivity (Wildman–Crippen MR) is 107 cm³/mol. The number of hydrogen-bond acceptors (Lipinski definition) is 3. The molecule has 1 aromatic rings. The minimum Gasteiger partial charge on any atom is -0.369 e. The number of rotatable bonds is 7. The van der Waals surface area contributed by atoms with Crippen LogP contribution in [0.2, 0.25) is 0 Å². The summed E-state index contributed by atoms with van der Waals surface area (Å²) in [6.45, 7) is 10.6. The number of likely N-dealkylation sites (N-methyl/N-ethyl adjacent to an activating group) is 1. The van der Waals surface area contributed by atoms with Gasteiger partial charge < -0.3 is 20.4 Å². The minimum absolute atomic E-state index is 0.112. The van der Waals surface area contributed by atoms with E-state index in [1.807, 2.05) is 6.07 Å². The van der Waals surface area contributed by atoms with Gasteiger partial charge in [-0.3, -0.25) is 0 Å². The average molecular weight is 347 g/mol. The number of piperazine rings is 1. The summed E-state index contributed by atoms with van der Waals surface area (Å²) in [5.41, 5.74) is 3.23. The minimum atomic E-state index is -0.112. The molecule has 1 heterocycles. The van der Waals surface area contributed by atoms with Crippen molar-refractivity contribution in [3.63, 3.8) is 0 Å². The molecule has 2 N–H and O–H groups in total. The van der Waals surface area contributed by atoms with Crippen LogP contribution in [0, 0.1) is 6.92 Å². The number of urea groups is 1. The molecule has 0 radical (unpaired) electrons. The Morgan fingerprint density at radius 3 is 2.56 bits per heavy atom. The second-order valence-corrected chi connectivity index (χ2v) is 7.28. The smallest absolute Gasteiger partial charge is 0.319 e. The first-order chi connectivity index (χ1) is 12.0. The molecular formula is C20H34N4O. The molecule has 5 nitrogen and oxygen atoms in total. The van der Waals surface area contributed by atoms with Gasteiger partial charge in [-0.05, 0) is 51.1 Å². The molecule has 2 rings (SSSR count). The van der Waals surface area contributed by atoms with Gasteiger partial charge in [-0.15, -0.1) is 0 Å². The molecule has 1 atom stereocenters. The van der Waals surface area contributed by atoms with Gasteiger partial charge in [-0.25, -0.2) is 4.79 Å². The molecule has 0 aromatic heterocycles. The maximum atomic E-state index is 12.2. The first kappa shape index (κ1) is 19.6. The van der Waals surface area contributed by atoms with Crippen LogP contribution in [0.4, 0.5) is 16.2 Å². The molecular weight excluding hydrogens is 312 g/mol. The van der Waals surface area contributed by atoms with Gasteiger partial charge in [-0.1, -0.05) is 26.2 Å². The summed E-state index contributed by atoms with van der Waals surface area (Å²) in [5, 5.41) is 6.02. The first-order valence-corrected chi connectivity index (χ1v) is 9.61. The Bertz CT molecular complexity index is 553. The standard InChI is InChI=1S/C20H34N4O/c1-5-6-7-8-17(3)21-20(25)22-19-10-9-18(15-16(19)2)24-13-11-23(4)12-14-24/h9-10,15,17H,5-8,11-14H2,1-4H3,(H2,21,22,25). The van der Waals surface area contributed by atoms with Gasteiger partial charge in [0.2, 0.25) is 0 Å². The van der Waals surface area contributed by atoms with E-state index in [0.717, 1.165) is 50.3 Å². The van der Waals surface area contributed by atoms with E-state index in [9.17, 15) is 4.79 Å². The third-order valence-electron chi connectivity index (χ3n) is 4.94. The van der Waals surface area contributed by atoms with E-state index >= 15 is 0 Å². The van der Waals surface area contributed by atoms with E-state index in [1.165, 1.54) is 18.5 Å². The van der Waals surface area contributed by atoms with Crippen LogP contribution in [-0.4, -0.2) is 50.2 Å². The average Bonchev–Trinajstić information content (AvgIpc) is 2.57. The summed E-state index contributed by atoms with van der Waals surface area (Å²) in [4.78, 5) is 17.0. The van der Waals surface area contributed by atoms with Gasteiger partial charge in [0, 0.05) is 43.6 Å². The zero-order valence-electron chi connectivity index (χ0n) is 16.3. The fourth-order valence-electron chi connectivity index (χ4n) is 3.20. The van der Waals surface area contributed by atoms with Crippen LogP contribution in [0.25, 0.3) is 0 Å². The molecule has 1 fully saturated rings. The molecule has 0 bridgehead atoms. The highest BCUT2D eigenvalue weighted by atomic mass is 16.2. The van der Waals surface area contributed by atoms with E-state index in [0.29, 0.717) is 0 Å². The summed E-state index contributed by atoms with van der Waals surface area (Å²) in [7, 11) is 2.16. The molecule has 140 valence electrons. The zero-order chi connectivity index (χ0) is 18.2. The molecule has 1 saturated heterocycles. The number of aryl methyl sites for hydroxylation is 1. The van der Waals surface area contributed by atoms with Crippen molar-refractivity contribution >= 4 is 17.4 Å². The topological polar surface area (TPSA) is 47.6 Å². The maximum absolute atomic E-state index is 12.2. The molecule has 5 heteroatoms. The number of unbranched alkanes of at least 4 members (excludes halogenated alkanes) is 2. The fraction of sp³-hybridized carbons (Fsp3) is 0.650. The molecule has 2 amide bonds. The summed E-state index contributed by atoms with van der Waals surface area (Å²) in [5.74, 6) is 0. The predicted octanol–water partition coefficient (Wildman–Crippen LogP) is 3.84. The number of benzene rings is 1. The van der Waals surface area contributed by atoms with Crippen molar-refractivity contribution in [3.05, 3.63) is 23.8 Å². The SMILES string of the molecule is CCCCCC(C)NC(=O)Nc1ccc(N2CCN(C)CC2)cc1C. The van der Waals surface area contributed by atoms with E-state index in [1.54, 1.807) is 0 Å². The van der Waals surface area contributed by atoms with Crippen LogP contribution >= 0.6 is 0 Å². The second kappa shape index (κ2) is 9.66. The third-order valence-corrected chi connectivity index (χ3v) is 4.94. The lowest BCUT2D eigenvalue weighted by atomic mass is 10.1. The van der Waals surface area contributed by atoms with Crippen molar-refractivity contribution in [2.24, 2.45) is 0 Å². The van der Waals surface area contributed by atoms with Gasteiger partial charge in [0.15, 0.2) is 0 Å². The van der Waals surface area contributed by atoms with Gasteiger partial charge in [-0.2, -0.15) is 0 Å². The second-order valence-electron chi connectivity index (χ2n) is 7.28. The Hall–Kier alpha value is -1.75. The molecule has 1 unspecified atom stereocenters. The van der Waals surface area contributed by atoms with Crippen molar-refractivity contribution in [3.8, 4) is 0 Å². The van der Waals surface area contributed by atoms with Gasteiger partial charge in [0.1, 0.15) is 0 Å². The molecule has 25 heavy (non-hydrogen) atoms. The van der Waals surface area contributed by atoms with Gasteiger partial charge >= 0.3 is 6.03 Å². The molecule has 1 aliphatic rings. The number of carbonyl (C=O) groups excluding carboxylic acids is 1. The highest BCUT2D eigenvalue weighted by Crippen LogP contribution is 2.23. The number of hydrogen-bond donors (Lipinski definition) is 2. The van der Waals surface area contributed by atoms with Crippen LogP contribution in [0.1, 0.15) is 45.1 Å². The van der Waals surface area contributed by atoms with Crippen molar-refractivity contribution in [1.29, 1.82) is 0 Å². The maximum Gasteiger partial charge on any atom is 0.319 e. The number of amides is 2. The highest BCUT2D eigenvalue weighted by Gasteiger charge is 2.15. The molecule has 1 aromatic carbocycles. The number of carbonyl (C=O) groups is 1. The van der Waals surface area contributed by atoms with E-state index < -0.39 is 0 Å². The summed E-state index contributed by atoms with van der Waals surface area (Å²) < 4.78 is 0. The van der Waals surface area contributed by atoms with Crippen LogP contribution in [0.15, 0.2) is 18.2 Å². The lowest BCUT2D eigenvalue weighted by Crippen LogP contribution is -2.44. The summed E-state index contributed by atoms with van der Waals surface area (Å²) in [6.07, 6.45) is 4.62. The van der Waals surface area contributed by atoms with Gasteiger partial charge in [0.25, 0.3) is 0 Å². The third kappa shape index (κ3) is 6.24. The van der Waals surface area contributed by atoms with E-state index in [-0.39, 0.29) is 12.1 Å². The normalized spacial score (nSPS) is 16.6. The van der Waals surface area contributed by atoms with E-state index in [2.05, 4.69) is 60.4 Å².